The van der Waals surface area contributed by atoms with Gasteiger partial charge in [-0.25, -0.2) is 4.79 Å². The van der Waals surface area contributed by atoms with E-state index in [0.29, 0.717) is 5.52 Å². The van der Waals surface area contributed by atoms with Crippen LogP contribution in [0.3, 0.4) is 0 Å². The molecule has 1 heterocycles. The normalized spacial score (nSPS) is 14.4. The van der Waals surface area contributed by atoms with Crippen LogP contribution in [0, 0.1) is 0 Å². The van der Waals surface area contributed by atoms with E-state index in [1.54, 1.807) is 6.92 Å². The second-order valence-corrected chi connectivity index (χ2v) is 5.80. The molecule has 2 N–H and O–H groups in total. The molecule has 1 aromatic carbocycles. The average Bonchev–Trinajstić information content (AvgIpc) is 2.82. The molecule has 1 aromatic heterocycles. The molecule has 2 rings (SSSR count). The summed E-state index contributed by atoms with van der Waals surface area (Å²) in [7, 11) is 1.54. The Balaban J connectivity index is 2.44. The molecule has 0 radical (unpaired) electrons. The molecule has 130 valence electrons. The quantitative estimate of drug-likeness (QED) is 0.896. The number of aliphatic carboxylic acids is 1. The Hall–Kier alpha value is -2.51. The van der Waals surface area contributed by atoms with Crippen LogP contribution >= 0.6 is 0 Å². The highest BCUT2D eigenvalue weighted by molar-refractivity contribution is 6.01. The first-order chi connectivity index (χ1) is 11.0. The second-order valence-electron chi connectivity index (χ2n) is 5.80. The number of benzene rings is 1. The number of aryl methyl sites for hydroxylation is 1. The molecule has 0 saturated heterocycles. The highest BCUT2D eigenvalue weighted by atomic mass is 19.4. The molecule has 1 amide bonds. The van der Waals surface area contributed by atoms with Crippen molar-refractivity contribution in [2.45, 2.75) is 32.0 Å². The van der Waals surface area contributed by atoms with Gasteiger partial charge >= 0.3 is 12.1 Å². The zero-order chi connectivity index (χ0) is 18.3. The van der Waals surface area contributed by atoms with E-state index in [4.69, 9.17) is 0 Å². The Bertz CT molecular complexity index is 811. The predicted octanol–water partition coefficient (Wildman–Crippen LogP) is 3.18. The lowest BCUT2D eigenvalue weighted by Crippen LogP contribution is -2.52. The van der Waals surface area contributed by atoms with Gasteiger partial charge in [-0.1, -0.05) is 6.92 Å². The fraction of sp³-hybridized carbons (Fsp3) is 0.375. The first kappa shape index (κ1) is 17.8. The number of hydrogen-bond donors (Lipinski definition) is 2. The number of nitrogens with zero attached hydrogens (tertiary/aromatic N) is 1. The molecular weight excluding hydrogens is 325 g/mol. The lowest BCUT2D eigenvalue weighted by molar-refractivity contribution is -0.144. The topological polar surface area (TPSA) is 71.3 Å². The number of rotatable bonds is 4. The fourth-order valence-electron chi connectivity index (χ4n) is 2.35. The van der Waals surface area contributed by atoms with Crippen LogP contribution in [0.5, 0.6) is 0 Å². The lowest BCUT2D eigenvalue weighted by Gasteiger charge is -2.24. The number of halogens is 3. The zero-order valence-corrected chi connectivity index (χ0v) is 13.4. The van der Waals surface area contributed by atoms with Crippen molar-refractivity contribution in [3.05, 3.63) is 35.5 Å². The molecule has 1 unspecified atom stereocenters. The maximum absolute atomic E-state index is 12.8. The van der Waals surface area contributed by atoms with Gasteiger partial charge in [-0.15, -0.1) is 0 Å². The molecule has 0 aliphatic rings. The summed E-state index contributed by atoms with van der Waals surface area (Å²) in [5.74, 6) is -1.84. The van der Waals surface area contributed by atoms with E-state index >= 15 is 0 Å². The summed E-state index contributed by atoms with van der Waals surface area (Å²) >= 11 is 0. The summed E-state index contributed by atoms with van der Waals surface area (Å²) in [5.41, 5.74) is -1.73. The Kier molecular flexibility index (Phi) is 4.34. The number of amides is 1. The number of hydrogen-bond acceptors (Lipinski definition) is 2. The largest absolute Gasteiger partial charge is 0.480 e. The minimum atomic E-state index is -4.48. The number of fused-ring (bicyclic) bond motifs is 1. The summed E-state index contributed by atoms with van der Waals surface area (Å²) in [6.45, 7) is 2.99. The zero-order valence-electron chi connectivity index (χ0n) is 13.4. The van der Waals surface area contributed by atoms with Gasteiger partial charge < -0.3 is 15.0 Å². The summed E-state index contributed by atoms with van der Waals surface area (Å²) in [5, 5.41) is 11.9. The van der Waals surface area contributed by atoms with Gasteiger partial charge in [0.15, 0.2) is 0 Å². The van der Waals surface area contributed by atoms with Crippen LogP contribution in [-0.4, -0.2) is 27.1 Å². The van der Waals surface area contributed by atoms with Crippen LogP contribution in [0.25, 0.3) is 10.9 Å². The van der Waals surface area contributed by atoms with Crippen molar-refractivity contribution in [3.63, 3.8) is 0 Å². The third-order valence-corrected chi connectivity index (χ3v) is 4.17. The minimum Gasteiger partial charge on any atom is -0.480 e. The molecule has 5 nitrogen and oxygen atoms in total. The van der Waals surface area contributed by atoms with Gasteiger partial charge in [0.2, 0.25) is 0 Å². The SMILES string of the molecule is CCC(C)(NC(=O)c1cc2cc(C(F)(F)F)ccc2n1C)C(=O)O. The molecule has 1 atom stereocenters. The van der Waals surface area contributed by atoms with Gasteiger partial charge in [-0.3, -0.25) is 4.79 Å². The third kappa shape index (κ3) is 3.08. The van der Waals surface area contributed by atoms with Gasteiger partial charge in [0.05, 0.1) is 5.56 Å². The van der Waals surface area contributed by atoms with Crippen LogP contribution in [0.15, 0.2) is 24.3 Å². The molecule has 0 fully saturated rings. The van der Waals surface area contributed by atoms with Gasteiger partial charge in [-0.05, 0) is 37.6 Å². The van der Waals surface area contributed by atoms with Crippen molar-refractivity contribution in [1.82, 2.24) is 9.88 Å². The first-order valence-electron chi connectivity index (χ1n) is 7.22. The van der Waals surface area contributed by atoms with Crippen LogP contribution in [0.1, 0.15) is 36.3 Å². The molecule has 0 aliphatic carbocycles. The number of carbonyl (C=O) groups is 2. The van der Waals surface area contributed by atoms with E-state index in [0.717, 1.165) is 12.1 Å². The Labute approximate surface area is 136 Å². The summed E-state index contributed by atoms with van der Waals surface area (Å²) < 4.78 is 39.8. The number of carboxylic acid groups (broad SMARTS) is 1. The number of carboxylic acids is 1. The highest BCUT2D eigenvalue weighted by Crippen LogP contribution is 2.32. The Morgan fingerprint density at radius 2 is 1.88 bits per heavy atom. The molecule has 0 saturated carbocycles. The molecule has 0 spiro atoms. The van der Waals surface area contributed by atoms with E-state index in [2.05, 4.69) is 5.32 Å². The maximum Gasteiger partial charge on any atom is 0.416 e. The Morgan fingerprint density at radius 1 is 1.25 bits per heavy atom. The number of carbonyl (C=O) groups excluding carboxylic acids is 1. The summed E-state index contributed by atoms with van der Waals surface area (Å²) in [6, 6.07) is 4.50. The highest BCUT2D eigenvalue weighted by Gasteiger charge is 2.34. The van der Waals surface area contributed by atoms with Gasteiger partial charge in [0.25, 0.3) is 5.91 Å². The standard InChI is InChI=1S/C16H17F3N2O3/c1-4-15(2,14(23)24)20-13(22)12-8-9-7-10(16(17,18)19)5-6-11(9)21(12)3/h5-8H,4H2,1-3H3,(H,20,22)(H,23,24). The molecule has 2 aromatic rings. The van der Waals surface area contributed by atoms with Crippen molar-refractivity contribution >= 4 is 22.8 Å². The minimum absolute atomic E-state index is 0.0882. The van der Waals surface area contributed by atoms with Gasteiger partial charge in [0.1, 0.15) is 11.2 Å². The van der Waals surface area contributed by atoms with Crippen molar-refractivity contribution in [2.75, 3.05) is 0 Å². The van der Waals surface area contributed by atoms with E-state index in [-0.39, 0.29) is 17.5 Å². The predicted molar refractivity (Wildman–Crippen MR) is 81.7 cm³/mol. The van der Waals surface area contributed by atoms with Crippen molar-refractivity contribution in [2.24, 2.45) is 7.05 Å². The molecule has 24 heavy (non-hydrogen) atoms. The summed E-state index contributed by atoms with van der Waals surface area (Å²) in [6.07, 6.45) is -4.31. The number of nitrogens with one attached hydrogen (secondary N) is 1. The third-order valence-electron chi connectivity index (χ3n) is 4.17. The molecular formula is C16H17F3N2O3. The molecule has 0 aliphatic heterocycles. The van der Waals surface area contributed by atoms with Gasteiger partial charge in [0, 0.05) is 18.0 Å². The summed E-state index contributed by atoms with van der Waals surface area (Å²) in [4.78, 5) is 23.7. The van der Waals surface area contributed by atoms with Gasteiger partial charge in [-0.2, -0.15) is 13.2 Å². The van der Waals surface area contributed by atoms with E-state index in [9.17, 15) is 27.9 Å². The van der Waals surface area contributed by atoms with Crippen molar-refractivity contribution in [3.8, 4) is 0 Å². The van der Waals surface area contributed by atoms with Crippen LogP contribution in [0.2, 0.25) is 0 Å². The number of aromatic nitrogens is 1. The molecule has 0 bridgehead atoms. The average molecular weight is 342 g/mol. The second kappa shape index (κ2) is 5.85. The van der Waals surface area contributed by atoms with E-state index in [1.807, 2.05) is 0 Å². The fourth-order valence-corrected chi connectivity index (χ4v) is 2.35. The van der Waals surface area contributed by atoms with E-state index < -0.39 is 29.2 Å². The lowest BCUT2D eigenvalue weighted by atomic mass is 9.99. The first-order valence-corrected chi connectivity index (χ1v) is 7.22. The monoisotopic (exact) mass is 342 g/mol. The van der Waals surface area contributed by atoms with Crippen molar-refractivity contribution < 1.29 is 27.9 Å². The van der Waals surface area contributed by atoms with Crippen molar-refractivity contribution in [1.29, 1.82) is 0 Å². The van der Waals surface area contributed by atoms with Crippen LogP contribution in [-0.2, 0) is 18.0 Å². The number of alkyl halides is 3. The molecule has 8 heteroatoms. The van der Waals surface area contributed by atoms with E-state index in [1.165, 1.54) is 30.7 Å². The van der Waals surface area contributed by atoms with Crippen LogP contribution < -0.4 is 5.32 Å². The van der Waals surface area contributed by atoms with Crippen LogP contribution in [0.4, 0.5) is 13.2 Å². The Morgan fingerprint density at radius 3 is 2.38 bits per heavy atom. The maximum atomic E-state index is 12.8. The smallest absolute Gasteiger partial charge is 0.416 e.